The zero-order valence-corrected chi connectivity index (χ0v) is 22.8. The van der Waals surface area contributed by atoms with Crippen molar-refractivity contribution in [2.75, 3.05) is 43.8 Å². The van der Waals surface area contributed by atoms with E-state index in [-0.39, 0.29) is 30.0 Å². The maximum atomic E-state index is 13.9. The Balaban J connectivity index is 0.00000155. The largest absolute Gasteiger partial charge is 0.483 e. The van der Waals surface area contributed by atoms with Gasteiger partial charge < -0.3 is 26.5 Å². The van der Waals surface area contributed by atoms with Crippen LogP contribution in [0.5, 0.6) is 0 Å². The summed E-state index contributed by atoms with van der Waals surface area (Å²) < 4.78 is 41.8. The van der Waals surface area contributed by atoms with Crippen LogP contribution >= 0.6 is 0 Å². The lowest BCUT2D eigenvalue weighted by molar-refractivity contribution is -0.138. The molecule has 220 valence electrons. The second kappa shape index (κ2) is 14.7. The highest BCUT2D eigenvalue weighted by Crippen LogP contribution is 2.33. The molecule has 1 aromatic carbocycles. The van der Waals surface area contributed by atoms with Gasteiger partial charge in [0.15, 0.2) is 0 Å². The highest BCUT2D eigenvalue weighted by atomic mass is 19.4. The topological polar surface area (TPSA) is 149 Å². The molecule has 0 atom stereocenters. The van der Waals surface area contributed by atoms with Crippen LogP contribution in [-0.4, -0.2) is 76.2 Å². The van der Waals surface area contributed by atoms with Gasteiger partial charge in [-0.15, -0.1) is 0 Å². The summed E-state index contributed by atoms with van der Waals surface area (Å²) in [5, 5.41) is 16.7. The molecule has 1 aliphatic heterocycles. The van der Waals surface area contributed by atoms with E-state index in [1.807, 2.05) is 4.90 Å². The van der Waals surface area contributed by atoms with Gasteiger partial charge in [-0.3, -0.25) is 19.5 Å². The Kier molecular flexibility index (Phi) is 11.1. The number of halogens is 3. The summed E-state index contributed by atoms with van der Waals surface area (Å²) in [5.41, 5.74) is 6.75. The number of anilines is 2. The molecule has 42 heavy (non-hydrogen) atoms. The predicted octanol–water partition coefficient (Wildman–Crippen LogP) is 3.57. The van der Waals surface area contributed by atoms with Crippen LogP contribution in [-0.2, 0) is 17.5 Å². The highest BCUT2D eigenvalue weighted by Gasteiger charge is 2.34. The van der Waals surface area contributed by atoms with Gasteiger partial charge in [-0.2, -0.15) is 13.2 Å². The highest BCUT2D eigenvalue weighted by molar-refractivity contribution is 6.04. The lowest BCUT2D eigenvalue weighted by Crippen LogP contribution is -2.45. The summed E-state index contributed by atoms with van der Waals surface area (Å²) in [6.45, 7) is 5.92. The molecule has 10 nitrogen and oxygen atoms in total. The number of nitrogen functional groups attached to an aromatic ring is 1. The minimum absolute atomic E-state index is 0.118. The van der Waals surface area contributed by atoms with Crippen LogP contribution in [0.3, 0.4) is 0 Å². The fourth-order valence-corrected chi connectivity index (χ4v) is 4.21. The Morgan fingerprint density at radius 3 is 2.38 bits per heavy atom. The van der Waals surface area contributed by atoms with E-state index >= 15 is 0 Å². The molecule has 3 heterocycles. The van der Waals surface area contributed by atoms with E-state index < -0.39 is 17.6 Å². The molecule has 5 N–H and O–H groups in total. The van der Waals surface area contributed by atoms with Crippen LogP contribution in [0.2, 0.25) is 0 Å². The summed E-state index contributed by atoms with van der Waals surface area (Å²) in [4.78, 5) is 33.6. The quantitative estimate of drug-likeness (QED) is 0.196. The summed E-state index contributed by atoms with van der Waals surface area (Å²) in [7, 11) is 0. The molecule has 4 rings (SSSR count). The fourth-order valence-electron chi connectivity index (χ4n) is 4.21. The molecule has 13 heteroatoms. The molecule has 1 amide bonds. The number of benzene rings is 1. The number of rotatable bonds is 6. The van der Waals surface area contributed by atoms with Crippen molar-refractivity contribution in [2.45, 2.75) is 19.6 Å². The van der Waals surface area contributed by atoms with E-state index in [1.54, 1.807) is 12.1 Å². The van der Waals surface area contributed by atoms with Crippen molar-refractivity contribution in [3.63, 3.8) is 0 Å². The molecule has 0 aliphatic carbocycles. The third-order valence-electron chi connectivity index (χ3n) is 6.42. The van der Waals surface area contributed by atoms with E-state index in [4.69, 9.17) is 21.0 Å². The van der Waals surface area contributed by atoms with Crippen LogP contribution in [0.15, 0.2) is 48.8 Å². The zero-order chi connectivity index (χ0) is 30.7. The van der Waals surface area contributed by atoms with Crippen molar-refractivity contribution in [3.8, 4) is 11.8 Å². The third-order valence-corrected chi connectivity index (χ3v) is 6.42. The number of carbonyl (C=O) groups is 2. The van der Waals surface area contributed by atoms with Gasteiger partial charge in [0.2, 0.25) is 0 Å². The minimum atomic E-state index is -4.60. The average Bonchev–Trinajstić information content (AvgIpc) is 2.97. The number of piperazine rings is 1. The number of alkyl halides is 3. The first kappa shape index (κ1) is 31.7. The first-order chi connectivity index (χ1) is 20.1. The number of carboxylic acid groups (broad SMARTS) is 1. The standard InChI is InChI=1S/C28H28F3N7O.CH2O2/c1-2-37-9-11-38(12-10-37)18-22-6-5-21(15-23(22)28(29,30)31)27(39)36-26-14-19(7-8-34-26)3-4-20-13-24(33)25(16-32)35-17-20;2-1-3/h5-8,13-17,32H,2,9-12,18,33H2,1H3,(H,34,36,39);1H,(H,2,3). The number of hydrogen-bond donors (Lipinski definition) is 4. The van der Waals surface area contributed by atoms with Gasteiger partial charge >= 0.3 is 6.18 Å². The maximum Gasteiger partial charge on any atom is 0.416 e. The lowest BCUT2D eigenvalue weighted by atomic mass is 10.0. The number of nitrogens with one attached hydrogen (secondary N) is 2. The van der Waals surface area contributed by atoms with Crippen LogP contribution in [0.1, 0.15) is 45.2 Å². The van der Waals surface area contributed by atoms with Crippen molar-refractivity contribution in [3.05, 3.63) is 82.3 Å². The van der Waals surface area contributed by atoms with Crippen LogP contribution in [0, 0.1) is 17.3 Å². The lowest BCUT2D eigenvalue weighted by Gasteiger charge is -2.34. The number of hydrogen-bond acceptors (Lipinski definition) is 8. The predicted molar refractivity (Wildman–Crippen MR) is 152 cm³/mol. The second-order valence-electron chi connectivity index (χ2n) is 9.16. The van der Waals surface area contributed by atoms with E-state index in [9.17, 15) is 18.0 Å². The van der Waals surface area contributed by atoms with Gasteiger partial charge in [0, 0.05) is 68.0 Å². The van der Waals surface area contributed by atoms with Gasteiger partial charge in [-0.25, -0.2) is 4.98 Å². The van der Waals surface area contributed by atoms with Crippen molar-refractivity contribution in [1.29, 1.82) is 5.41 Å². The van der Waals surface area contributed by atoms with Gasteiger partial charge in [0.1, 0.15) is 11.5 Å². The van der Waals surface area contributed by atoms with Crippen molar-refractivity contribution in [1.82, 2.24) is 19.8 Å². The molecule has 2 aromatic heterocycles. The van der Waals surface area contributed by atoms with Crippen LogP contribution < -0.4 is 11.1 Å². The second-order valence-corrected chi connectivity index (χ2v) is 9.16. The Bertz CT molecular complexity index is 1480. The number of likely N-dealkylation sites (N-methyl/N-ethyl adjacent to an activating group) is 1. The molecule has 1 aliphatic rings. The Hall–Kier alpha value is -4.80. The van der Waals surface area contributed by atoms with E-state index in [0.717, 1.165) is 31.9 Å². The van der Waals surface area contributed by atoms with Gasteiger partial charge in [-0.1, -0.05) is 24.8 Å². The first-order valence-corrected chi connectivity index (χ1v) is 12.9. The maximum absolute atomic E-state index is 13.9. The van der Waals surface area contributed by atoms with E-state index in [2.05, 4.69) is 38.9 Å². The van der Waals surface area contributed by atoms with Crippen molar-refractivity contribution >= 4 is 30.1 Å². The number of aromatic nitrogens is 2. The van der Waals surface area contributed by atoms with Gasteiger partial charge in [0.05, 0.1) is 11.3 Å². The normalized spacial score (nSPS) is 13.6. The number of amides is 1. The summed E-state index contributed by atoms with van der Waals surface area (Å²) >= 11 is 0. The Labute approximate surface area is 240 Å². The minimum Gasteiger partial charge on any atom is -0.483 e. The monoisotopic (exact) mass is 581 g/mol. The molecular formula is C29H30F3N7O3. The average molecular weight is 582 g/mol. The van der Waals surface area contributed by atoms with Gasteiger partial charge in [-0.05, 0) is 42.4 Å². The molecule has 3 aromatic rings. The van der Waals surface area contributed by atoms with Crippen molar-refractivity contribution < 1.29 is 27.9 Å². The molecule has 0 radical (unpaired) electrons. The third kappa shape index (κ3) is 8.85. The number of nitrogens with zero attached hydrogens (tertiary/aromatic N) is 4. The smallest absolute Gasteiger partial charge is 0.416 e. The summed E-state index contributed by atoms with van der Waals surface area (Å²) in [5.74, 6) is 5.25. The molecule has 0 bridgehead atoms. The van der Waals surface area contributed by atoms with E-state index in [1.165, 1.54) is 30.6 Å². The summed E-state index contributed by atoms with van der Waals surface area (Å²) in [6.07, 6.45) is -0.627. The Morgan fingerprint density at radius 1 is 1.10 bits per heavy atom. The number of pyridine rings is 2. The first-order valence-electron chi connectivity index (χ1n) is 12.9. The van der Waals surface area contributed by atoms with Gasteiger partial charge in [0.25, 0.3) is 12.4 Å². The SMILES string of the molecule is CCN1CCN(Cc2ccc(C(=O)Nc3cc(C#Cc4cnc(C=N)c(N)c4)ccn3)cc2C(F)(F)F)CC1.O=CO. The number of nitrogens with two attached hydrogens (primary N) is 1. The number of carbonyl (C=O) groups excluding carboxylic acids is 1. The molecule has 1 saturated heterocycles. The molecule has 0 saturated carbocycles. The molecule has 0 unspecified atom stereocenters. The summed E-state index contributed by atoms with van der Waals surface area (Å²) in [6, 6.07) is 8.41. The van der Waals surface area contributed by atoms with Crippen LogP contribution in [0.25, 0.3) is 0 Å². The zero-order valence-electron chi connectivity index (χ0n) is 22.8. The van der Waals surface area contributed by atoms with E-state index in [0.29, 0.717) is 35.6 Å². The van der Waals surface area contributed by atoms with Crippen LogP contribution in [0.4, 0.5) is 24.7 Å². The fraction of sp³-hybridized carbons (Fsp3) is 0.276. The Morgan fingerprint density at radius 2 is 1.76 bits per heavy atom. The molecule has 0 spiro atoms. The molecule has 1 fully saturated rings. The molecular weight excluding hydrogens is 551 g/mol. The van der Waals surface area contributed by atoms with Crippen molar-refractivity contribution in [2.24, 2.45) is 0 Å².